The highest BCUT2D eigenvalue weighted by Crippen LogP contribution is 2.19. The van der Waals surface area contributed by atoms with Gasteiger partial charge in [-0.3, -0.25) is 4.79 Å². The number of hydrogen-bond donors (Lipinski definition) is 2. The maximum Gasteiger partial charge on any atom is 0.326 e. The molecule has 0 aliphatic rings. The first-order valence-electron chi connectivity index (χ1n) is 9.30. The molecule has 6 nitrogen and oxygen atoms in total. The summed E-state index contributed by atoms with van der Waals surface area (Å²) in [6, 6.07) is 6.21. The number of nitrogens with one attached hydrogen (secondary N) is 1. The number of rotatable bonds is 13. The summed E-state index contributed by atoms with van der Waals surface area (Å²) in [6.07, 6.45) is 4.92. The lowest BCUT2D eigenvalue weighted by molar-refractivity contribution is -0.142. The van der Waals surface area contributed by atoms with Crippen LogP contribution in [0.3, 0.4) is 0 Å². The van der Waals surface area contributed by atoms with Crippen LogP contribution < -0.4 is 14.8 Å². The summed E-state index contributed by atoms with van der Waals surface area (Å²) in [7, 11) is 0. The summed E-state index contributed by atoms with van der Waals surface area (Å²) >= 11 is 0. The molecule has 0 aliphatic carbocycles. The predicted octanol–water partition coefficient (Wildman–Crippen LogP) is 3.64. The number of hydrogen-bond acceptors (Lipinski definition) is 4. The lowest BCUT2D eigenvalue weighted by Crippen LogP contribution is -2.43. The van der Waals surface area contributed by atoms with Crippen molar-refractivity contribution in [2.45, 2.75) is 58.9 Å². The van der Waals surface area contributed by atoms with Crippen LogP contribution in [0, 0.1) is 5.92 Å². The average Bonchev–Trinajstić information content (AvgIpc) is 2.59. The van der Waals surface area contributed by atoms with Gasteiger partial charge in [0.15, 0.2) is 6.61 Å². The van der Waals surface area contributed by atoms with E-state index in [1.54, 1.807) is 18.2 Å². The molecule has 1 aromatic carbocycles. The van der Waals surface area contributed by atoms with Crippen molar-refractivity contribution in [1.82, 2.24) is 5.32 Å². The van der Waals surface area contributed by atoms with E-state index in [0.29, 0.717) is 24.5 Å². The zero-order valence-corrected chi connectivity index (χ0v) is 16.0. The number of benzene rings is 1. The zero-order chi connectivity index (χ0) is 19.4. The van der Waals surface area contributed by atoms with E-state index < -0.39 is 17.9 Å². The molecule has 1 rings (SSSR count). The number of carbonyl (C=O) groups excluding carboxylic acids is 1. The summed E-state index contributed by atoms with van der Waals surface area (Å²) in [5.74, 6) is -0.109. The highest BCUT2D eigenvalue weighted by Gasteiger charge is 2.21. The molecule has 6 heteroatoms. The van der Waals surface area contributed by atoms with Crippen LogP contribution in [0.1, 0.15) is 52.9 Å². The molecular weight excluding hydrogens is 334 g/mol. The third-order valence-electron chi connectivity index (χ3n) is 3.78. The maximum atomic E-state index is 11.9. The van der Waals surface area contributed by atoms with Crippen LogP contribution >= 0.6 is 0 Å². The Labute approximate surface area is 155 Å². The van der Waals surface area contributed by atoms with Crippen molar-refractivity contribution in [3.8, 4) is 11.5 Å². The van der Waals surface area contributed by atoms with Crippen molar-refractivity contribution in [3.63, 3.8) is 0 Å². The first kappa shape index (κ1) is 21.8. The Morgan fingerprint density at radius 2 is 1.81 bits per heavy atom. The molecule has 146 valence electrons. The van der Waals surface area contributed by atoms with E-state index in [4.69, 9.17) is 14.6 Å². The second-order valence-electron chi connectivity index (χ2n) is 6.76. The minimum Gasteiger partial charge on any atom is -0.493 e. The largest absolute Gasteiger partial charge is 0.493 e. The molecule has 1 aromatic rings. The number of carboxylic acids is 1. The molecule has 1 amide bonds. The van der Waals surface area contributed by atoms with E-state index in [9.17, 15) is 9.59 Å². The molecule has 0 fully saturated rings. The van der Waals surface area contributed by atoms with Crippen LogP contribution in [-0.2, 0) is 9.59 Å². The number of amides is 1. The summed E-state index contributed by atoms with van der Waals surface area (Å²) in [5.41, 5.74) is 0. The summed E-state index contributed by atoms with van der Waals surface area (Å²) < 4.78 is 11.1. The van der Waals surface area contributed by atoms with Gasteiger partial charge in [-0.15, -0.1) is 0 Å². The van der Waals surface area contributed by atoms with Gasteiger partial charge in [0.25, 0.3) is 5.91 Å². The topological polar surface area (TPSA) is 84.9 Å². The van der Waals surface area contributed by atoms with Crippen molar-refractivity contribution in [1.29, 1.82) is 0 Å². The molecule has 0 aliphatic heterocycles. The number of unbranched alkanes of at least 4 members (excludes halogenated alkanes) is 3. The van der Waals surface area contributed by atoms with Gasteiger partial charge in [0, 0.05) is 6.07 Å². The highest BCUT2D eigenvalue weighted by molar-refractivity contribution is 5.84. The van der Waals surface area contributed by atoms with Gasteiger partial charge in [-0.25, -0.2) is 4.79 Å². The van der Waals surface area contributed by atoms with Crippen LogP contribution in [0.15, 0.2) is 24.3 Å². The normalized spacial score (nSPS) is 11.8. The van der Waals surface area contributed by atoms with Gasteiger partial charge >= 0.3 is 5.97 Å². The Bertz CT molecular complexity index is 559. The van der Waals surface area contributed by atoms with Gasteiger partial charge in [0.05, 0.1) is 6.61 Å². The van der Waals surface area contributed by atoms with Crippen molar-refractivity contribution in [2.75, 3.05) is 13.2 Å². The Morgan fingerprint density at radius 1 is 1.12 bits per heavy atom. The molecule has 0 radical (unpaired) electrons. The molecule has 0 saturated heterocycles. The quantitative estimate of drug-likeness (QED) is 0.521. The predicted molar refractivity (Wildman–Crippen MR) is 101 cm³/mol. The van der Waals surface area contributed by atoms with Crippen LogP contribution in [-0.4, -0.2) is 36.2 Å². The molecule has 0 heterocycles. The van der Waals surface area contributed by atoms with Gasteiger partial charge in [0.2, 0.25) is 0 Å². The second-order valence-corrected chi connectivity index (χ2v) is 6.76. The fourth-order valence-electron chi connectivity index (χ4n) is 2.45. The lowest BCUT2D eigenvalue weighted by atomic mass is 10.0. The minimum absolute atomic E-state index is 0.170. The van der Waals surface area contributed by atoms with E-state index in [2.05, 4.69) is 12.2 Å². The van der Waals surface area contributed by atoms with Crippen LogP contribution in [0.2, 0.25) is 0 Å². The molecule has 0 spiro atoms. The fraction of sp³-hybridized carbons (Fsp3) is 0.600. The van der Waals surface area contributed by atoms with Crippen LogP contribution in [0.5, 0.6) is 11.5 Å². The van der Waals surface area contributed by atoms with E-state index in [1.165, 1.54) is 12.8 Å². The van der Waals surface area contributed by atoms with Crippen molar-refractivity contribution in [3.05, 3.63) is 24.3 Å². The van der Waals surface area contributed by atoms with E-state index >= 15 is 0 Å². The Morgan fingerprint density at radius 3 is 2.42 bits per heavy atom. The van der Waals surface area contributed by atoms with Gasteiger partial charge in [-0.2, -0.15) is 0 Å². The van der Waals surface area contributed by atoms with E-state index in [1.807, 2.05) is 19.9 Å². The molecule has 0 aromatic heterocycles. The zero-order valence-electron chi connectivity index (χ0n) is 16.0. The maximum absolute atomic E-state index is 11.9. The van der Waals surface area contributed by atoms with Crippen molar-refractivity contribution >= 4 is 11.9 Å². The van der Waals surface area contributed by atoms with Crippen molar-refractivity contribution in [2.24, 2.45) is 5.92 Å². The van der Waals surface area contributed by atoms with Gasteiger partial charge < -0.3 is 19.9 Å². The summed E-state index contributed by atoms with van der Waals surface area (Å²) in [6.45, 7) is 6.40. The standard InChI is InChI=1S/C20H31NO5/c1-4-5-6-7-11-25-16-9-8-10-17(13-16)26-14-19(22)21-18(20(23)24)12-15(2)3/h8-10,13,15,18H,4-7,11-12,14H2,1-3H3,(H,21,22)(H,23,24). The van der Waals surface area contributed by atoms with Gasteiger partial charge in [-0.1, -0.05) is 46.1 Å². The number of ether oxygens (including phenoxy) is 2. The lowest BCUT2D eigenvalue weighted by Gasteiger charge is -2.16. The summed E-state index contributed by atoms with van der Waals surface area (Å²) in [5, 5.41) is 11.6. The first-order valence-corrected chi connectivity index (χ1v) is 9.30. The molecule has 1 unspecified atom stereocenters. The van der Waals surface area contributed by atoms with E-state index in [-0.39, 0.29) is 12.5 Å². The minimum atomic E-state index is -1.04. The molecule has 0 bridgehead atoms. The molecule has 2 N–H and O–H groups in total. The first-order chi connectivity index (χ1) is 12.4. The smallest absolute Gasteiger partial charge is 0.326 e. The fourth-order valence-corrected chi connectivity index (χ4v) is 2.45. The van der Waals surface area contributed by atoms with Gasteiger partial charge in [0.1, 0.15) is 17.5 Å². The van der Waals surface area contributed by atoms with Crippen molar-refractivity contribution < 1.29 is 24.2 Å². The Hall–Kier alpha value is -2.24. The summed E-state index contributed by atoms with van der Waals surface area (Å²) in [4.78, 5) is 23.1. The SMILES string of the molecule is CCCCCCOc1cccc(OCC(=O)NC(CC(C)C)C(=O)O)c1. The molecule has 26 heavy (non-hydrogen) atoms. The number of carboxylic acid groups (broad SMARTS) is 1. The third kappa shape index (κ3) is 9.30. The molecule has 0 saturated carbocycles. The average molecular weight is 365 g/mol. The Balaban J connectivity index is 2.42. The second kappa shape index (κ2) is 12.2. The van der Waals surface area contributed by atoms with Crippen LogP contribution in [0.25, 0.3) is 0 Å². The monoisotopic (exact) mass is 365 g/mol. The van der Waals surface area contributed by atoms with Crippen LogP contribution in [0.4, 0.5) is 0 Å². The van der Waals surface area contributed by atoms with E-state index in [0.717, 1.165) is 12.8 Å². The molecule has 1 atom stereocenters. The van der Waals surface area contributed by atoms with Gasteiger partial charge in [-0.05, 0) is 30.9 Å². The Kier molecular flexibility index (Phi) is 10.2. The highest BCUT2D eigenvalue weighted by atomic mass is 16.5. The molecular formula is C20H31NO5. The number of aliphatic carboxylic acids is 1. The number of carbonyl (C=O) groups is 2. The third-order valence-corrected chi connectivity index (χ3v) is 3.78.